The number of methoxy groups -OCH3 is 2. The quantitative estimate of drug-likeness (QED) is 0.263. The summed E-state index contributed by atoms with van der Waals surface area (Å²) in [6.07, 6.45) is 4.86. The van der Waals surface area contributed by atoms with Gasteiger partial charge in [-0.1, -0.05) is 12.2 Å². The minimum atomic E-state index is -1.13. The number of carboxylic acids is 1. The van der Waals surface area contributed by atoms with Crippen LogP contribution in [0.4, 0.5) is 11.4 Å². The molecule has 2 heterocycles. The fourth-order valence-electron chi connectivity index (χ4n) is 4.38. The molecule has 0 saturated carbocycles. The molecule has 0 radical (unpaired) electrons. The molecule has 1 atom stereocenters. The fraction of sp³-hybridized carbons (Fsp3) is 0.370. The van der Waals surface area contributed by atoms with Crippen molar-refractivity contribution in [2.45, 2.75) is 31.7 Å². The second kappa shape index (κ2) is 11.2. The van der Waals surface area contributed by atoms with E-state index in [-0.39, 0.29) is 23.2 Å². The number of nitrogens with zero attached hydrogens (tertiary/aromatic N) is 2. The molecule has 2 aliphatic heterocycles. The van der Waals surface area contributed by atoms with Gasteiger partial charge in [0.1, 0.15) is 0 Å². The Morgan fingerprint density at radius 3 is 2.35 bits per heavy atom. The topological polar surface area (TPSA) is 133 Å². The Morgan fingerprint density at radius 1 is 1.05 bits per heavy atom. The normalized spacial score (nSPS) is 16.2. The zero-order valence-electron chi connectivity index (χ0n) is 21.0. The van der Waals surface area contributed by atoms with Gasteiger partial charge in [-0.15, -0.1) is 0 Å². The van der Waals surface area contributed by atoms with Crippen LogP contribution >= 0.6 is 0 Å². The van der Waals surface area contributed by atoms with E-state index in [1.807, 2.05) is 0 Å². The van der Waals surface area contributed by atoms with Crippen molar-refractivity contribution in [2.75, 3.05) is 39.7 Å². The van der Waals surface area contributed by atoms with E-state index in [0.29, 0.717) is 54.0 Å². The second-order valence-corrected chi connectivity index (χ2v) is 8.91. The molecule has 0 aromatic heterocycles. The number of anilines is 1. The second-order valence-electron chi connectivity index (χ2n) is 8.91. The first-order chi connectivity index (χ1) is 17.8. The van der Waals surface area contributed by atoms with Gasteiger partial charge in [0.15, 0.2) is 23.0 Å². The monoisotopic (exact) mass is 509 g/mol. The lowest BCUT2D eigenvalue weighted by atomic mass is 10.1. The predicted octanol–water partition coefficient (Wildman–Crippen LogP) is 4.10. The third-order valence-electron chi connectivity index (χ3n) is 6.32. The van der Waals surface area contributed by atoms with E-state index in [1.165, 1.54) is 19.2 Å². The number of hydrogen-bond acceptors (Lipinski definition) is 8. The Balaban J connectivity index is 1.29. The molecular weight excluding hydrogens is 478 g/mol. The Hall–Kier alpha value is -4.21. The van der Waals surface area contributed by atoms with Crippen molar-refractivity contribution in [1.82, 2.24) is 4.90 Å². The van der Waals surface area contributed by atoms with Crippen LogP contribution in [0.3, 0.4) is 0 Å². The van der Waals surface area contributed by atoms with Crippen LogP contribution in [0.15, 0.2) is 41.4 Å². The number of unbranched alkanes of at least 4 members (excludes halogenated alkanes) is 2. The van der Waals surface area contributed by atoms with Gasteiger partial charge in [-0.3, -0.25) is 9.79 Å². The molecule has 4 rings (SSSR count). The number of carbonyl (C=O) groups excluding carboxylic acids is 1. The first-order valence-corrected chi connectivity index (χ1v) is 12.0. The molecule has 0 spiro atoms. The first-order valence-electron chi connectivity index (χ1n) is 12.0. The molecule has 1 saturated heterocycles. The SMILES string of the molecule is C=C1CC2C=Nc3cc(OCCCCCOc4cc(N)c(C(=O)O)cc4OC)c(OC)cc3C(=O)N2C1. The van der Waals surface area contributed by atoms with Gasteiger partial charge in [0.2, 0.25) is 0 Å². The highest BCUT2D eigenvalue weighted by atomic mass is 16.5. The number of amides is 1. The van der Waals surface area contributed by atoms with Crippen molar-refractivity contribution >= 4 is 29.5 Å². The number of aliphatic imine (C=N–C) groups is 1. The highest BCUT2D eigenvalue weighted by Gasteiger charge is 2.34. The molecule has 10 nitrogen and oxygen atoms in total. The van der Waals surface area contributed by atoms with Gasteiger partial charge in [-0.05, 0) is 31.7 Å². The van der Waals surface area contributed by atoms with Crippen LogP contribution in [-0.2, 0) is 0 Å². The summed E-state index contributed by atoms with van der Waals surface area (Å²) in [7, 11) is 2.99. The molecule has 1 fully saturated rings. The van der Waals surface area contributed by atoms with E-state index in [0.717, 1.165) is 31.3 Å². The smallest absolute Gasteiger partial charge is 0.337 e. The molecule has 2 aliphatic rings. The van der Waals surface area contributed by atoms with Crippen LogP contribution in [-0.4, -0.2) is 68.1 Å². The Labute approximate surface area is 215 Å². The average Bonchev–Trinajstić information content (AvgIpc) is 3.21. The molecule has 2 aromatic rings. The van der Waals surface area contributed by atoms with Crippen LogP contribution < -0.4 is 24.7 Å². The lowest BCUT2D eigenvalue weighted by Crippen LogP contribution is -2.35. The zero-order chi connectivity index (χ0) is 26.5. The molecule has 3 N–H and O–H groups in total. The lowest BCUT2D eigenvalue weighted by molar-refractivity contribution is 0.0696. The molecule has 10 heteroatoms. The maximum absolute atomic E-state index is 13.1. The highest BCUT2D eigenvalue weighted by molar-refractivity contribution is 6.04. The lowest BCUT2D eigenvalue weighted by Gasteiger charge is -2.20. The fourth-order valence-corrected chi connectivity index (χ4v) is 4.38. The molecule has 0 bridgehead atoms. The van der Waals surface area contributed by atoms with Crippen LogP contribution in [0.25, 0.3) is 0 Å². The van der Waals surface area contributed by atoms with E-state index >= 15 is 0 Å². The summed E-state index contributed by atoms with van der Waals surface area (Å²) < 4.78 is 22.4. The number of fused-ring (bicyclic) bond motifs is 2. The van der Waals surface area contributed by atoms with Crippen molar-refractivity contribution < 1.29 is 33.6 Å². The number of carbonyl (C=O) groups is 2. The van der Waals surface area contributed by atoms with Crippen molar-refractivity contribution in [2.24, 2.45) is 4.99 Å². The van der Waals surface area contributed by atoms with E-state index in [9.17, 15) is 14.7 Å². The van der Waals surface area contributed by atoms with E-state index in [1.54, 1.807) is 30.4 Å². The Morgan fingerprint density at radius 2 is 1.70 bits per heavy atom. The third-order valence-corrected chi connectivity index (χ3v) is 6.32. The van der Waals surface area contributed by atoms with E-state index < -0.39 is 5.97 Å². The molecule has 37 heavy (non-hydrogen) atoms. The number of aromatic carboxylic acids is 1. The highest BCUT2D eigenvalue weighted by Crippen LogP contribution is 2.38. The Bertz CT molecular complexity index is 1240. The van der Waals surface area contributed by atoms with Crippen molar-refractivity contribution in [3.63, 3.8) is 0 Å². The van der Waals surface area contributed by atoms with Crippen molar-refractivity contribution in [3.8, 4) is 23.0 Å². The van der Waals surface area contributed by atoms with Crippen LogP contribution in [0.2, 0.25) is 0 Å². The predicted molar refractivity (Wildman–Crippen MR) is 139 cm³/mol. The number of hydrogen-bond donors (Lipinski definition) is 2. The van der Waals surface area contributed by atoms with E-state index in [4.69, 9.17) is 24.7 Å². The molecule has 0 aliphatic carbocycles. The molecule has 2 aromatic carbocycles. The van der Waals surface area contributed by atoms with Gasteiger partial charge >= 0.3 is 5.97 Å². The minimum Gasteiger partial charge on any atom is -0.493 e. The number of nitrogens with two attached hydrogens (primary N) is 1. The minimum absolute atomic E-state index is 0.0316. The number of benzene rings is 2. The summed E-state index contributed by atoms with van der Waals surface area (Å²) in [6.45, 7) is 5.40. The van der Waals surface area contributed by atoms with Gasteiger partial charge < -0.3 is 34.7 Å². The Kier molecular flexibility index (Phi) is 7.86. The molecule has 1 unspecified atom stereocenters. The standard InChI is InChI=1S/C27H31N3O7/c1-16-9-17-14-29-21-13-25(23(35-3)11-19(21)26(31)30(17)15-16)37-8-6-4-5-7-36-24-12-20(28)18(27(32)33)10-22(24)34-2/h10-14,17H,1,4-9,15,28H2,2-3H3,(H,32,33). The third kappa shape index (κ3) is 5.63. The maximum atomic E-state index is 13.1. The average molecular weight is 510 g/mol. The van der Waals surface area contributed by atoms with Crippen LogP contribution in [0.1, 0.15) is 46.4 Å². The van der Waals surface area contributed by atoms with Gasteiger partial charge in [0.25, 0.3) is 5.91 Å². The van der Waals surface area contributed by atoms with Gasteiger partial charge in [-0.25, -0.2) is 4.79 Å². The van der Waals surface area contributed by atoms with Crippen molar-refractivity contribution in [1.29, 1.82) is 0 Å². The van der Waals surface area contributed by atoms with Gasteiger partial charge in [0.05, 0.1) is 56.0 Å². The number of ether oxygens (including phenoxy) is 4. The molecule has 196 valence electrons. The number of carboxylic acid groups (broad SMARTS) is 1. The van der Waals surface area contributed by atoms with Crippen LogP contribution in [0.5, 0.6) is 23.0 Å². The van der Waals surface area contributed by atoms with Gasteiger partial charge in [-0.2, -0.15) is 0 Å². The van der Waals surface area contributed by atoms with Crippen LogP contribution in [0, 0.1) is 0 Å². The number of nitrogen functional groups attached to an aromatic ring is 1. The zero-order valence-corrected chi connectivity index (χ0v) is 21.0. The summed E-state index contributed by atoms with van der Waals surface area (Å²) in [5.74, 6) is 0.521. The largest absolute Gasteiger partial charge is 0.493 e. The maximum Gasteiger partial charge on any atom is 0.337 e. The summed E-state index contributed by atoms with van der Waals surface area (Å²) in [5.41, 5.74) is 7.96. The summed E-state index contributed by atoms with van der Waals surface area (Å²) >= 11 is 0. The summed E-state index contributed by atoms with van der Waals surface area (Å²) in [4.78, 5) is 30.6. The van der Waals surface area contributed by atoms with E-state index in [2.05, 4.69) is 11.6 Å². The van der Waals surface area contributed by atoms with Gasteiger partial charge in [0, 0.05) is 31.0 Å². The van der Waals surface area contributed by atoms with Crippen molar-refractivity contribution in [3.05, 3.63) is 47.5 Å². The number of rotatable bonds is 11. The molecular formula is C27H31N3O7. The molecule has 1 amide bonds. The summed E-state index contributed by atoms with van der Waals surface area (Å²) in [6, 6.07) is 6.18. The first kappa shape index (κ1) is 25.9. The summed E-state index contributed by atoms with van der Waals surface area (Å²) in [5, 5.41) is 9.19.